The topological polar surface area (TPSA) is 26.3 Å². The maximum absolute atomic E-state index is 12.5. The Labute approximate surface area is 294 Å². The highest BCUT2D eigenvalue weighted by Crippen LogP contribution is 2.68. The molecule has 0 radical (unpaired) electrons. The Bertz CT molecular complexity index is 881. The molecule has 0 N–H and O–H groups in total. The van der Waals surface area contributed by atoms with Gasteiger partial charge in [0.25, 0.3) is 0 Å². The third-order valence-corrected chi connectivity index (χ3v) is 15.6. The normalized spacial score (nSPS) is 33.8. The molecule has 0 bridgehead atoms. The van der Waals surface area contributed by atoms with E-state index in [1.807, 2.05) is 0 Å². The monoisotopic (exact) mass is 655 g/mol. The Hall–Kier alpha value is -0.530. The van der Waals surface area contributed by atoms with Gasteiger partial charge in [-0.1, -0.05) is 151 Å². The fourth-order valence-corrected chi connectivity index (χ4v) is 12.2. The minimum Gasteiger partial charge on any atom is -0.465 e. The lowest BCUT2D eigenvalue weighted by Gasteiger charge is -2.61. The van der Waals surface area contributed by atoms with Crippen LogP contribution in [0.1, 0.15) is 215 Å². The van der Waals surface area contributed by atoms with Gasteiger partial charge in [-0.05, 0) is 116 Å². The number of hydrogen-bond donors (Lipinski definition) is 0. The summed E-state index contributed by atoms with van der Waals surface area (Å²) in [6.45, 7) is 15.7. The molecule has 10 atom stereocenters. The molecule has 0 amide bonds. The van der Waals surface area contributed by atoms with E-state index in [4.69, 9.17) is 4.74 Å². The molecule has 4 aliphatic carbocycles. The summed E-state index contributed by atoms with van der Waals surface area (Å²) < 4.78 is 5.79. The molecule has 0 heterocycles. The molecule has 0 aliphatic heterocycles. The number of unbranched alkanes of at least 4 members (excludes halogenated alkanes) is 13. The Morgan fingerprint density at radius 1 is 0.638 bits per heavy atom. The molecule has 2 heteroatoms. The van der Waals surface area contributed by atoms with Gasteiger partial charge >= 0.3 is 5.97 Å². The molecule has 0 aromatic heterocycles. The Morgan fingerprint density at radius 3 is 1.91 bits per heavy atom. The molecule has 0 saturated heterocycles. The summed E-state index contributed by atoms with van der Waals surface area (Å²) in [6.07, 6.45) is 37.2. The number of carbonyl (C=O) groups is 1. The van der Waals surface area contributed by atoms with Crippen LogP contribution < -0.4 is 0 Å². The largest absolute Gasteiger partial charge is 0.465 e. The van der Waals surface area contributed by atoms with E-state index in [0.717, 1.165) is 41.9 Å². The molecule has 4 aliphatic rings. The van der Waals surface area contributed by atoms with Crippen molar-refractivity contribution >= 4 is 5.97 Å². The Morgan fingerprint density at radius 2 is 1.26 bits per heavy atom. The third kappa shape index (κ3) is 10.7. The molecule has 47 heavy (non-hydrogen) atoms. The van der Waals surface area contributed by atoms with Gasteiger partial charge in [-0.3, -0.25) is 4.79 Å². The fraction of sp³-hybridized carbons (Fsp3) is 0.978. The predicted molar refractivity (Wildman–Crippen MR) is 202 cm³/mol. The first kappa shape index (κ1) is 39.3. The predicted octanol–water partition coefficient (Wildman–Crippen LogP) is 14.1. The van der Waals surface area contributed by atoms with Crippen LogP contribution in [0.15, 0.2) is 0 Å². The highest BCUT2D eigenvalue weighted by atomic mass is 16.5. The van der Waals surface area contributed by atoms with Crippen molar-refractivity contribution < 1.29 is 9.53 Å². The summed E-state index contributed by atoms with van der Waals surface area (Å²) in [7, 11) is 0. The number of ether oxygens (including phenoxy) is 1. The minimum atomic E-state index is 0.0352. The van der Waals surface area contributed by atoms with E-state index in [-0.39, 0.29) is 5.97 Å². The van der Waals surface area contributed by atoms with Crippen LogP contribution >= 0.6 is 0 Å². The third-order valence-electron chi connectivity index (χ3n) is 15.6. The van der Waals surface area contributed by atoms with Gasteiger partial charge in [-0.25, -0.2) is 0 Å². The summed E-state index contributed by atoms with van der Waals surface area (Å²) in [5, 5.41) is 0. The van der Waals surface area contributed by atoms with Gasteiger partial charge in [-0.15, -0.1) is 0 Å². The highest BCUT2D eigenvalue weighted by molar-refractivity contribution is 5.69. The molecule has 0 spiro atoms. The molecule has 0 aromatic rings. The molecular formula is C45H82O2. The molecule has 2 unspecified atom stereocenters. The first-order valence-electron chi connectivity index (χ1n) is 21.9. The van der Waals surface area contributed by atoms with Gasteiger partial charge in [0.1, 0.15) is 0 Å². The lowest BCUT2D eigenvalue weighted by atomic mass is 9.44. The van der Waals surface area contributed by atoms with Crippen LogP contribution in [0.2, 0.25) is 0 Å². The summed E-state index contributed by atoms with van der Waals surface area (Å²) >= 11 is 0. The highest BCUT2D eigenvalue weighted by Gasteiger charge is 2.60. The number of hydrogen-bond acceptors (Lipinski definition) is 2. The van der Waals surface area contributed by atoms with Gasteiger partial charge < -0.3 is 4.74 Å². The molecule has 2 nitrogen and oxygen atoms in total. The Balaban J connectivity index is 1.04. The second-order valence-electron chi connectivity index (χ2n) is 18.7. The molecule has 4 rings (SSSR count). The van der Waals surface area contributed by atoms with Gasteiger partial charge in [0.15, 0.2) is 0 Å². The van der Waals surface area contributed by atoms with Gasteiger partial charge in [0.05, 0.1) is 6.61 Å². The average Bonchev–Trinajstić information content (AvgIpc) is 3.43. The molecular weight excluding hydrogens is 572 g/mol. The van der Waals surface area contributed by atoms with E-state index in [1.54, 1.807) is 6.42 Å². The van der Waals surface area contributed by atoms with Crippen LogP contribution in [0.25, 0.3) is 0 Å². The van der Waals surface area contributed by atoms with Crippen LogP contribution in [-0.4, -0.2) is 12.6 Å². The van der Waals surface area contributed by atoms with Gasteiger partial charge in [-0.2, -0.15) is 0 Å². The van der Waals surface area contributed by atoms with E-state index < -0.39 is 0 Å². The number of fused-ring (bicyclic) bond motifs is 5. The Kier molecular flexibility index (Phi) is 16.5. The second-order valence-corrected chi connectivity index (χ2v) is 18.7. The van der Waals surface area contributed by atoms with Gasteiger partial charge in [0.2, 0.25) is 0 Å². The average molecular weight is 655 g/mol. The van der Waals surface area contributed by atoms with Crippen molar-refractivity contribution in [3.63, 3.8) is 0 Å². The lowest BCUT2D eigenvalue weighted by Crippen LogP contribution is -2.53. The number of carbonyl (C=O) groups excluding carboxylic acids is 1. The van der Waals surface area contributed by atoms with E-state index in [1.165, 1.54) is 154 Å². The second kappa shape index (κ2) is 19.8. The zero-order chi connectivity index (χ0) is 33.7. The summed E-state index contributed by atoms with van der Waals surface area (Å²) in [5.74, 6) is 6.90. The van der Waals surface area contributed by atoms with E-state index >= 15 is 0 Å². The van der Waals surface area contributed by atoms with Crippen molar-refractivity contribution in [2.24, 2.45) is 58.2 Å². The molecule has 4 fully saturated rings. The first-order valence-corrected chi connectivity index (χ1v) is 21.9. The van der Waals surface area contributed by atoms with Crippen LogP contribution in [0.3, 0.4) is 0 Å². The van der Waals surface area contributed by atoms with Crippen LogP contribution in [0.4, 0.5) is 0 Å². The smallest absolute Gasteiger partial charge is 0.305 e. The van der Waals surface area contributed by atoms with Crippen molar-refractivity contribution in [2.45, 2.75) is 215 Å². The number of rotatable bonds is 22. The van der Waals surface area contributed by atoms with Crippen molar-refractivity contribution in [1.29, 1.82) is 0 Å². The van der Waals surface area contributed by atoms with Crippen LogP contribution in [0, 0.1) is 58.2 Å². The van der Waals surface area contributed by atoms with Gasteiger partial charge in [0, 0.05) is 6.42 Å². The first-order chi connectivity index (χ1) is 22.7. The SMILES string of the molecule is CCCCCCCCCCCCCCCCC(=O)OCC(C)[C@@H](C)CC[C@@H](C)[C@H]1CC[C@H]2[C@@H]3CCC4CCCC[C@]4(C)[C@H]3CC[C@]12C. The van der Waals surface area contributed by atoms with E-state index in [0.29, 0.717) is 35.7 Å². The quantitative estimate of drug-likeness (QED) is 0.0857. The maximum Gasteiger partial charge on any atom is 0.305 e. The van der Waals surface area contributed by atoms with E-state index in [9.17, 15) is 4.79 Å². The van der Waals surface area contributed by atoms with Crippen LogP contribution in [0.5, 0.6) is 0 Å². The zero-order valence-corrected chi connectivity index (χ0v) is 32.7. The molecule has 0 aromatic carbocycles. The molecule has 4 saturated carbocycles. The summed E-state index contributed by atoms with van der Waals surface area (Å²) in [6, 6.07) is 0. The fourth-order valence-electron chi connectivity index (χ4n) is 12.2. The number of esters is 1. The van der Waals surface area contributed by atoms with Crippen molar-refractivity contribution in [3.8, 4) is 0 Å². The van der Waals surface area contributed by atoms with Crippen molar-refractivity contribution in [2.75, 3.05) is 6.61 Å². The standard InChI is InChI=1S/C45H82O2/c1-7-8-9-10-11-12-13-14-15-16-17-18-19-20-24-43(46)47-34-37(4)35(2)25-26-36(3)40-29-30-41-39-28-27-38-23-21-22-32-44(38,5)42(39)31-33-45(40,41)6/h35-42H,7-34H2,1-6H3/t35-,36+,37?,38?,39-,40+,41-,42-,44-,45+/m0/s1. The van der Waals surface area contributed by atoms with Crippen molar-refractivity contribution in [3.05, 3.63) is 0 Å². The lowest BCUT2D eigenvalue weighted by molar-refractivity contribution is -0.145. The van der Waals surface area contributed by atoms with Crippen molar-refractivity contribution in [1.82, 2.24) is 0 Å². The van der Waals surface area contributed by atoms with E-state index in [2.05, 4.69) is 41.5 Å². The summed E-state index contributed by atoms with van der Waals surface area (Å²) in [5.41, 5.74) is 1.24. The summed E-state index contributed by atoms with van der Waals surface area (Å²) in [4.78, 5) is 12.5. The minimum absolute atomic E-state index is 0.0352. The zero-order valence-electron chi connectivity index (χ0n) is 32.7. The maximum atomic E-state index is 12.5. The van der Waals surface area contributed by atoms with Crippen LogP contribution in [-0.2, 0) is 9.53 Å². The molecule has 274 valence electrons.